The minimum Gasteiger partial charge on any atom is -0.462 e. The Kier molecular flexibility index (Phi) is 10.1. The summed E-state index contributed by atoms with van der Waals surface area (Å²) < 4.78 is 29.6. The van der Waals surface area contributed by atoms with E-state index in [4.69, 9.17) is 13.8 Å². The van der Waals surface area contributed by atoms with Crippen molar-refractivity contribution < 1.29 is 23.1 Å². The Labute approximate surface area is 163 Å². The molecule has 0 spiro atoms. The highest BCUT2D eigenvalue weighted by Gasteiger charge is 2.32. The van der Waals surface area contributed by atoms with Crippen LogP contribution in [0, 0.1) is 6.92 Å². The lowest BCUT2D eigenvalue weighted by Crippen LogP contribution is -2.36. The minimum absolute atomic E-state index is 0.188. The topological polar surface area (TPSA) is 73.9 Å². The van der Waals surface area contributed by atoms with Gasteiger partial charge in [-0.1, -0.05) is 31.9 Å². The zero-order valence-corrected chi connectivity index (χ0v) is 18.3. The predicted octanol–water partition coefficient (Wildman–Crippen LogP) is 5.18. The van der Waals surface area contributed by atoms with Crippen LogP contribution in [0.2, 0.25) is 0 Å². The van der Waals surface area contributed by atoms with E-state index in [-0.39, 0.29) is 12.7 Å². The summed E-state index contributed by atoms with van der Waals surface area (Å²) in [5, 5.41) is 2.70. The molecule has 0 saturated carbocycles. The molecule has 6 nitrogen and oxygen atoms in total. The molecule has 1 aromatic carbocycles. The van der Waals surface area contributed by atoms with Gasteiger partial charge in [-0.25, -0.2) is 4.57 Å². The Morgan fingerprint density at radius 1 is 1.19 bits per heavy atom. The summed E-state index contributed by atoms with van der Waals surface area (Å²) in [5.74, 6) is 0.0285. The van der Waals surface area contributed by atoms with E-state index >= 15 is 0 Å². The quantitative estimate of drug-likeness (QED) is 0.297. The lowest BCUT2D eigenvalue weighted by Gasteiger charge is -2.24. The molecule has 154 valence electrons. The summed E-state index contributed by atoms with van der Waals surface area (Å²) in [7, 11) is -3.73. The van der Waals surface area contributed by atoms with E-state index in [2.05, 4.69) is 12.0 Å². The third-order valence-corrected chi connectivity index (χ3v) is 5.59. The van der Waals surface area contributed by atoms with Gasteiger partial charge in [0.1, 0.15) is 11.8 Å². The number of hydrogen-bond acceptors (Lipinski definition) is 5. The summed E-state index contributed by atoms with van der Waals surface area (Å²) in [6.45, 7) is 11.1. The molecule has 0 aliphatic rings. The standard InChI is InChI=1S/C20H34NO5P/c1-7-9-10-11-18-13-12-16(5)14-19(18)26-27(23,24-8-2)21-17(6)20(22)25-15(3)4/h12-15,17H,7-11H2,1-6H3,(H,21,23)/t17-,27?/m0/s1. The number of nitrogens with one attached hydrogen (secondary N) is 1. The number of ether oxygens (including phenoxy) is 1. The van der Waals surface area contributed by atoms with Crippen molar-refractivity contribution in [2.75, 3.05) is 6.61 Å². The van der Waals surface area contributed by atoms with Crippen molar-refractivity contribution in [2.24, 2.45) is 0 Å². The number of benzene rings is 1. The molecule has 0 heterocycles. The smallest absolute Gasteiger partial charge is 0.459 e. The van der Waals surface area contributed by atoms with E-state index in [1.807, 2.05) is 25.1 Å². The van der Waals surface area contributed by atoms with Gasteiger partial charge in [0.05, 0.1) is 12.7 Å². The second kappa shape index (κ2) is 11.5. The Hall–Kier alpha value is -1.36. The molecular formula is C20H34NO5P. The highest BCUT2D eigenvalue weighted by Crippen LogP contribution is 2.46. The number of aryl methyl sites for hydroxylation is 2. The molecule has 0 radical (unpaired) electrons. The van der Waals surface area contributed by atoms with Gasteiger partial charge in [0.2, 0.25) is 0 Å². The summed E-state index contributed by atoms with van der Waals surface area (Å²) in [4.78, 5) is 12.1. The van der Waals surface area contributed by atoms with Gasteiger partial charge >= 0.3 is 13.7 Å². The molecule has 1 aromatic rings. The van der Waals surface area contributed by atoms with Gasteiger partial charge in [0.15, 0.2) is 0 Å². The largest absolute Gasteiger partial charge is 0.462 e. The first-order valence-electron chi connectivity index (χ1n) is 9.72. The van der Waals surface area contributed by atoms with Crippen LogP contribution in [0.5, 0.6) is 5.75 Å². The third kappa shape index (κ3) is 8.46. The predicted molar refractivity (Wildman–Crippen MR) is 108 cm³/mol. The van der Waals surface area contributed by atoms with Crippen molar-refractivity contribution in [1.29, 1.82) is 0 Å². The Morgan fingerprint density at radius 3 is 2.48 bits per heavy atom. The van der Waals surface area contributed by atoms with Gasteiger partial charge in [-0.15, -0.1) is 0 Å². The van der Waals surface area contributed by atoms with Gasteiger partial charge in [0.25, 0.3) is 0 Å². The van der Waals surface area contributed by atoms with Crippen LogP contribution in [0.3, 0.4) is 0 Å². The molecule has 1 N–H and O–H groups in total. The number of hydrogen-bond donors (Lipinski definition) is 1. The van der Waals surface area contributed by atoms with Crippen LogP contribution in [0.15, 0.2) is 18.2 Å². The lowest BCUT2D eigenvalue weighted by molar-refractivity contribution is -0.149. The maximum Gasteiger partial charge on any atom is 0.459 e. The van der Waals surface area contributed by atoms with Gasteiger partial charge < -0.3 is 9.26 Å². The number of carbonyl (C=O) groups excluding carboxylic acids is 1. The zero-order valence-electron chi connectivity index (χ0n) is 17.4. The molecule has 0 saturated heterocycles. The van der Waals surface area contributed by atoms with E-state index in [9.17, 15) is 9.36 Å². The zero-order chi connectivity index (χ0) is 20.4. The van der Waals surface area contributed by atoms with E-state index in [1.54, 1.807) is 27.7 Å². The highest BCUT2D eigenvalue weighted by atomic mass is 31.2. The van der Waals surface area contributed by atoms with Crippen LogP contribution in [0.4, 0.5) is 0 Å². The fraction of sp³-hybridized carbons (Fsp3) is 0.650. The van der Waals surface area contributed by atoms with Crippen molar-refractivity contribution in [3.8, 4) is 5.75 Å². The van der Waals surface area contributed by atoms with Crippen molar-refractivity contribution in [3.63, 3.8) is 0 Å². The number of carbonyl (C=O) groups is 1. The molecule has 0 amide bonds. The summed E-state index contributed by atoms with van der Waals surface area (Å²) >= 11 is 0. The summed E-state index contributed by atoms with van der Waals surface area (Å²) in [5.41, 5.74) is 1.98. The van der Waals surface area contributed by atoms with Crippen LogP contribution < -0.4 is 9.61 Å². The second-order valence-electron chi connectivity index (χ2n) is 6.91. The normalized spacial score (nSPS) is 14.6. The van der Waals surface area contributed by atoms with Gasteiger partial charge in [0, 0.05) is 0 Å². The molecule has 27 heavy (non-hydrogen) atoms. The fourth-order valence-electron chi connectivity index (χ4n) is 2.53. The maximum atomic E-state index is 13.2. The van der Waals surface area contributed by atoms with Gasteiger partial charge in [-0.05, 0) is 64.7 Å². The molecule has 0 bridgehead atoms. The van der Waals surface area contributed by atoms with Gasteiger partial charge in [-0.2, -0.15) is 5.09 Å². The first kappa shape index (κ1) is 23.7. The van der Waals surface area contributed by atoms with Crippen LogP contribution in [-0.4, -0.2) is 24.7 Å². The average molecular weight is 399 g/mol. The van der Waals surface area contributed by atoms with E-state index in [1.165, 1.54) is 0 Å². The summed E-state index contributed by atoms with van der Waals surface area (Å²) in [6, 6.07) is 5.03. The SMILES string of the molecule is CCCCCc1ccc(C)cc1OP(=O)(N[C@@H](C)C(=O)OC(C)C)OCC. The number of esters is 1. The third-order valence-electron chi connectivity index (χ3n) is 3.85. The number of unbranched alkanes of at least 4 members (excludes halogenated alkanes) is 2. The first-order chi connectivity index (χ1) is 12.7. The highest BCUT2D eigenvalue weighted by molar-refractivity contribution is 7.52. The van der Waals surface area contributed by atoms with Crippen molar-refractivity contribution >= 4 is 13.7 Å². The van der Waals surface area contributed by atoms with Crippen LogP contribution >= 0.6 is 7.75 Å². The molecule has 1 rings (SSSR count). The molecular weight excluding hydrogens is 365 g/mol. The van der Waals surface area contributed by atoms with Crippen LogP contribution in [0.25, 0.3) is 0 Å². The van der Waals surface area contributed by atoms with E-state index in [0.29, 0.717) is 5.75 Å². The summed E-state index contributed by atoms with van der Waals surface area (Å²) in [6.07, 6.45) is 3.85. The van der Waals surface area contributed by atoms with E-state index in [0.717, 1.165) is 36.8 Å². The minimum atomic E-state index is -3.73. The second-order valence-corrected chi connectivity index (χ2v) is 8.61. The molecule has 0 fully saturated rings. The number of rotatable bonds is 12. The molecule has 7 heteroatoms. The van der Waals surface area contributed by atoms with Crippen molar-refractivity contribution in [3.05, 3.63) is 29.3 Å². The molecule has 0 aromatic heterocycles. The monoisotopic (exact) mass is 399 g/mol. The Balaban J connectivity index is 2.99. The fourth-order valence-corrected chi connectivity index (χ4v) is 4.06. The maximum absolute atomic E-state index is 13.2. The molecule has 0 aliphatic carbocycles. The molecule has 1 unspecified atom stereocenters. The Morgan fingerprint density at radius 2 is 1.89 bits per heavy atom. The lowest BCUT2D eigenvalue weighted by atomic mass is 10.0. The first-order valence-corrected chi connectivity index (χ1v) is 11.3. The molecule has 0 aliphatic heterocycles. The van der Waals surface area contributed by atoms with Crippen molar-refractivity contribution in [2.45, 2.75) is 79.4 Å². The van der Waals surface area contributed by atoms with Crippen molar-refractivity contribution in [1.82, 2.24) is 5.09 Å². The van der Waals surface area contributed by atoms with E-state index < -0.39 is 19.8 Å². The van der Waals surface area contributed by atoms with Gasteiger partial charge in [-0.3, -0.25) is 9.32 Å². The molecule has 2 atom stereocenters. The average Bonchev–Trinajstić information content (AvgIpc) is 2.56. The van der Waals surface area contributed by atoms with Crippen LogP contribution in [0.1, 0.15) is 65.0 Å². The van der Waals surface area contributed by atoms with Crippen LogP contribution in [-0.2, 0) is 25.0 Å². The Bertz CT molecular complexity index is 647.